The molecule has 10 rings (SSSR count). The third-order valence-electron chi connectivity index (χ3n) is 9.64. The average Bonchev–Trinajstić information content (AvgIpc) is 3.74. The molecule has 0 bridgehead atoms. The van der Waals surface area contributed by atoms with Crippen LogP contribution in [-0.4, -0.2) is 0 Å². The van der Waals surface area contributed by atoms with Crippen LogP contribution in [0.5, 0.6) is 0 Å². The maximum atomic E-state index is 6.48. The number of nitrogens with zero attached hydrogens (tertiary/aromatic N) is 1. The highest BCUT2D eigenvalue weighted by Crippen LogP contribution is 2.49. The van der Waals surface area contributed by atoms with Crippen molar-refractivity contribution < 1.29 is 4.42 Å². The molecule has 0 aliphatic carbocycles. The SMILES string of the molecule is c1ccc(-c2ccc3c(c2)oc2ccc(N(c4ccc5ccccc5c4)c4ccc(-c5ccccc5)c5sc6ccccc6c45)cc23)cc1. The fraction of sp³-hybridized carbons (Fsp3) is 0. The highest BCUT2D eigenvalue weighted by atomic mass is 32.1. The summed E-state index contributed by atoms with van der Waals surface area (Å²) in [5, 5.41) is 7.18. The number of thiophene rings is 1. The lowest BCUT2D eigenvalue weighted by Gasteiger charge is -2.27. The van der Waals surface area contributed by atoms with Crippen LogP contribution in [0.1, 0.15) is 0 Å². The topological polar surface area (TPSA) is 16.4 Å². The zero-order chi connectivity index (χ0) is 32.3. The van der Waals surface area contributed by atoms with Gasteiger partial charge in [0.2, 0.25) is 0 Å². The second-order valence-corrected chi connectivity index (χ2v) is 13.6. The van der Waals surface area contributed by atoms with E-state index in [-0.39, 0.29) is 0 Å². The molecule has 0 N–H and O–H groups in total. The lowest BCUT2D eigenvalue weighted by molar-refractivity contribution is 0.669. The van der Waals surface area contributed by atoms with Crippen molar-refractivity contribution >= 4 is 81.3 Å². The standard InChI is InChI=1S/C46H29NOS/c1-3-11-30(12-4-1)34-20-23-38-40-29-36(22-26-42(40)48-43(38)28-34)47(35-21-19-31-13-7-8-16-33(31)27-35)41-25-24-37(32-14-5-2-6-15-32)46-45(41)39-17-9-10-18-44(39)49-46/h1-29H. The minimum Gasteiger partial charge on any atom is -0.456 e. The van der Waals surface area contributed by atoms with Crippen LogP contribution in [-0.2, 0) is 0 Å². The first-order valence-electron chi connectivity index (χ1n) is 16.6. The van der Waals surface area contributed by atoms with Crippen molar-refractivity contribution in [3.05, 3.63) is 176 Å². The van der Waals surface area contributed by atoms with Crippen molar-refractivity contribution in [2.45, 2.75) is 0 Å². The lowest BCUT2D eigenvalue weighted by atomic mass is 9.99. The normalized spacial score (nSPS) is 11.7. The van der Waals surface area contributed by atoms with Gasteiger partial charge in [-0.05, 0) is 87.6 Å². The Morgan fingerprint density at radius 3 is 2.00 bits per heavy atom. The molecule has 0 spiro atoms. The summed E-state index contributed by atoms with van der Waals surface area (Å²) < 4.78 is 9.06. The van der Waals surface area contributed by atoms with Crippen molar-refractivity contribution in [2.75, 3.05) is 4.90 Å². The van der Waals surface area contributed by atoms with E-state index in [1.54, 1.807) is 0 Å². The Kier molecular flexibility index (Phi) is 6.39. The van der Waals surface area contributed by atoms with Gasteiger partial charge in [-0.25, -0.2) is 0 Å². The molecule has 0 radical (unpaired) electrons. The fourth-order valence-electron chi connectivity index (χ4n) is 7.30. The van der Waals surface area contributed by atoms with Crippen molar-refractivity contribution in [1.29, 1.82) is 0 Å². The molecule has 2 heterocycles. The van der Waals surface area contributed by atoms with Gasteiger partial charge in [0, 0.05) is 42.3 Å². The molecule has 8 aromatic carbocycles. The number of hydrogen-bond donors (Lipinski definition) is 0. The second-order valence-electron chi connectivity index (χ2n) is 12.5. The van der Waals surface area contributed by atoms with Crippen LogP contribution >= 0.6 is 11.3 Å². The van der Waals surface area contributed by atoms with Gasteiger partial charge in [0.15, 0.2) is 0 Å². The van der Waals surface area contributed by atoms with Gasteiger partial charge < -0.3 is 9.32 Å². The molecule has 0 amide bonds. The third kappa shape index (κ3) is 4.62. The quantitative estimate of drug-likeness (QED) is 0.186. The molecule has 0 saturated carbocycles. The van der Waals surface area contributed by atoms with E-state index < -0.39 is 0 Å². The molecule has 230 valence electrons. The van der Waals surface area contributed by atoms with Crippen LogP contribution in [0.2, 0.25) is 0 Å². The van der Waals surface area contributed by atoms with Gasteiger partial charge in [0.05, 0.1) is 5.69 Å². The largest absolute Gasteiger partial charge is 0.456 e. The molecule has 49 heavy (non-hydrogen) atoms. The molecular weight excluding hydrogens is 615 g/mol. The summed E-state index contributed by atoms with van der Waals surface area (Å²) in [7, 11) is 0. The first kappa shape index (κ1) is 27.9. The molecule has 0 fully saturated rings. The van der Waals surface area contributed by atoms with E-state index in [0.717, 1.165) is 44.6 Å². The smallest absolute Gasteiger partial charge is 0.136 e. The Labute approximate surface area is 287 Å². The van der Waals surface area contributed by atoms with Crippen LogP contribution in [0.25, 0.3) is 75.1 Å². The summed E-state index contributed by atoms with van der Waals surface area (Å²) >= 11 is 1.87. The van der Waals surface area contributed by atoms with Gasteiger partial charge in [-0.3, -0.25) is 0 Å². The number of fused-ring (bicyclic) bond motifs is 7. The zero-order valence-corrected chi connectivity index (χ0v) is 27.3. The predicted octanol–water partition coefficient (Wildman–Crippen LogP) is 13.9. The molecule has 3 heteroatoms. The summed E-state index contributed by atoms with van der Waals surface area (Å²) in [5.41, 5.74) is 9.93. The van der Waals surface area contributed by atoms with Gasteiger partial charge in [-0.1, -0.05) is 121 Å². The van der Waals surface area contributed by atoms with Gasteiger partial charge in [0.25, 0.3) is 0 Å². The third-order valence-corrected chi connectivity index (χ3v) is 10.8. The molecule has 0 unspecified atom stereocenters. The highest BCUT2D eigenvalue weighted by molar-refractivity contribution is 7.26. The van der Waals surface area contributed by atoms with Crippen molar-refractivity contribution in [3.8, 4) is 22.3 Å². The Bertz CT molecular complexity index is 2830. The molecule has 0 aliphatic rings. The maximum Gasteiger partial charge on any atom is 0.136 e. The summed E-state index contributed by atoms with van der Waals surface area (Å²) in [6.45, 7) is 0. The minimum absolute atomic E-state index is 0.882. The predicted molar refractivity (Wildman–Crippen MR) is 210 cm³/mol. The Morgan fingerprint density at radius 1 is 0.429 bits per heavy atom. The van der Waals surface area contributed by atoms with Crippen LogP contribution in [0.3, 0.4) is 0 Å². The van der Waals surface area contributed by atoms with Gasteiger partial charge >= 0.3 is 0 Å². The van der Waals surface area contributed by atoms with Crippen molar-refractivity contribution in [3.63, 3.8) is 0 Å². The molecule has 10 aromatic rings. The number of anilines is 3. The molecule has 0 atom stereocenters. The van der Waals surface area contributed by atoms with Crippen LogP contribution < -0.4 is 4.90 Å². The van der Waals surface area contributed by atoms with E-state index in [9.17, 15) is 0 Å². The summed E-state index contributed by atoms with van der Waals surface area (Å²) in [5.74, 6) is 0. The Morgan fingerprint density at radius 2 is 1.14 bits per heavy atom. The first-order valence-corrected chi connectivity index (χ1v) is 17.4. The number of rotatable bonds is 5. The zero-order valence-electron chi connectivity index (χ0n) is 26.5. The van der Waals surface area contributed by atoms with Crippen LogP contribution in [0.15, 0.2) is 180 Å². The fourth-order valence-corrected chi connectivity index (χ4v) is 8.56. The Hall–Kier alpha value is -6.16. The molecule has 2 nitrogen and oxygen atoms in total. The summed E-state index contributed by atoms with van der Waals surface area (Å²) in [6.07, 6.45) is 0. The lowest BCUT2D eigenvalue weighted by Crippen LogP contribution is -2.10. The number of furan rings is 1. The van der Waals surface area contributed by atoms with E-state index in [0.29, 0.717) is 0 Å². The molecule has 2 aromatic heterocycles. The number of benzene rings is 8. The molecular formula is C46H29NOS. The summed E-state index contributed by atoms with van der Waals surface area (Å²) in [4.78, 5) is 2.43. The van der Waals surface area contributed by atoms with Crippen molar-refractivity contribution in [1.82, 2.24) is 0 Å². The monoisotopic (exact) mass is 643 g/mol. The van der Waals surface area contributed by atoms with Gasteiger partial charge in [-0.15, -0.1) is 11.3 Å². The molecule has 0 aliphatic heterocycles. The van der Waals surface area contributed by atoms with Crippen molar-refractivity contribution in [2.24, 2.45) is 0 Å². The summed E-state index contributed by atoms with van der Waals surface area (Å²) in [6, 6.07) is 63.2. The first-order chi connectivity index (χ1) is 24.3. The minimum atomic E-state index is 0.882. The van der Waals surface area contributed by atoms with Crippen LogP contribution in [0, 0.1) is 0 Å². The second kappa shape index (κ2) is 11.2. The van der Waals surface area contributed by atoms with E-state index in [1.165, 1.54) is 47.6 Å². The van der Waals surface area contributed by atoms with Crippen LogP contribution in [0.4, 0.5) is 17.1 Å². The van der Waals surface area contributed by atoms with E-state index in [1.807, 2.05) is 17.4 Å². The van der Waals surface area contributed by atoms with E-state index >= 15 is 0 Å². The maximum absolute atomic E-state index is 6.48. The average molecular weight is 644 g/mol. The molecule has 0 saturated heterocycles. The van der Waals surface area contributed by atoms with E-state index in [4.69, 9.17) is 4.42 Å². The van der Waals surface area contributed by atoms with Gasteiger partial charge in [-0.2, -0.15) is 0 Å². The Balaban J connectivity index is 1.23. The van der Waals surface area contributed by atoms with Gasteiger partial charge in [0.1, 0.15) is 11.2 Å². The number of hydrogen-bond acceptors (Lipinski definition) is 3. The highest BCUT2D eigenvalue weighted by Gasteiger charge is 2.22. The van der Waals surface area contributed by atoms with E-state index in [2.05, 4.69) is 175 Å².